The van der Waals surface area contributed by atoms with Gasteiger partial charge in [-0.1, -0.05) is 17.7 Å². The molecule has 128 valence electrons. The van der Waals surface area contributed by atoms with Gasteiger partial charge in [-0.3, -0.25) is 0 Å². The molecule has 1 fully saturated rings. The van der Waals surface area contributed by atoms with Crippen LogP contribution in [0, 0.1) is 6.92 Å². The zero-order chi connectivity index (χ0) is 17.0. The quantitative estimate of drug-likeness (QED) is 0.824. The van der Waals surface area contributed by atoms with E-state index < -0.39 is 5.60 Å². The minimum absolute atomic E-state index is 0.191. The maximum absolute atomic E-state index is 11.8. The van der Waals surface area contributed by atoms with E-state index in [0.717, 1.165) is 42.0 Å². The molecule has 2 N–H and O–H groups in total. The van der Waals surface area contributed by atoms with Crippen LogP contribution in [0.2, 0.25) is 5.02 Å². The Hall–Kier alpha value is -1.42. The van der Waals surface area contributed by atoms with Crippen molar-refractivity contribution in [1.82, 2.24) is 5.32 Å². The molecule has 0 saturated heterocycles. The summed E-state index contributed by atoms with van der Waals surface area (Å²) in [5.41, 5.74) is 1.69. The number of rotatable bonds is 3. The Bertz CT molecular complexity index is 546. The minimum Gasteiger partial charge on any atom is -0.444 e. The number of amides is 1. The van der Waals surface area contributed by atoms with Crippen molar-refractivity contribution in [3.8, 4) is 0 Å². The van der Waals surface area contributed by atoms with Crippen LogP contribution in [0.5, 0.6) is 0 Å². The number of alkyl carbamates (subject to hydrolysis) is 1. The van der Waals surface area contributed by atoms with E-state index >= 15 is 0 Å². The van der Waals surface area contributed by atoms with E-state index in [4.69, 9.17) is 16.3 Å². The zero-order valence-electron chi connectivity index (χ0n) is 14.4. The molecule has 0 radical (unpaired) electrons. The lowest BCUT2D eigenvalue weighted by Crippen LogP contribution is -2.42. The number of benzene rings is 1. The van der Waals surface area contributed by atoms with Gasteiger partial charge in [-0.15, -0.1) is 0 Å². The van der Waals surface area contributed by atoms with Gasteiger partial charge >= 0.3 is 6.09 Å². The summed E-state index contributed by atoms with van der Waals surface area (Å²) in [5, 5.41) is 7.24. The maximum Gasteiger partial charge on any atom is 0.407 e. The van der Waals surface area contributed by atoms with Gasteiger partial charge in [-0.05, 0) is 71.1 Å². The largest absolute Gasteiger partial charge is 0.444 e. The average molecular weight is 339 g/mol. The van der Waals surface area contributed by atoms with Crippen molar-refractivity contribution in [2.24, 2.45) is 0 Å². The molecule has 0 aliphatic heterocycles. The van der Waals surface area contributed by atoms with E-state index in [1.807, 2.05) is 39.8 Å². The first-order chi connectivity index (χ1) is 10.7. The summed E-state index contributed by atoms with van der Waals surface area (Å²) in [5.74, 6) is 0. The third-order valence-electron chi connectivity index (χ3n) is 3.93. The highest BCUT2D eigenvalue weighted by Gasteiger charge is 2.24. The van der Waals surface area contributed by atoms with Crippen LogP contribution < -0.4 is 10.6 Å². The molecule has 5 heteroatoms. The van der Waals surface area contributed by atoms with Crippen molar-refractivity contribution in [3.05, 3.63) is 28.8 Å². The number of anilines is 1. The molecule has 0 atom stereocenters. The number of hydrogen-bond donors (Lipinski definition) is 2. The Morgan fingerprint density at radius 3 is 2.35 bits per heavy atom. The number of carbonyl (C=O) groups is 1. The highest BCUT2D eigenvalue weighted by molar-refractivity contribution is 6.33. The predicted octanol–water partition coefficient (Wildman–Crippen LogP) is 4.90. The lowest BCUT2D eigenvalue weighted by Gasteiger charge is -2.31. The van der Waals surface area contributed by atoms with E-state index in [2.05, 4.69) is 16.7 Å². The Morgan fingerprint density at radius 1 is 1.17 bits per heavy atom. The fourth-order valence-electron chi connectivity index (χ4n) is 2.81. The van der Waals surface area contributed by atoms with Crippen LogP contribution in [0.3, 0.4) is 0 Å². The second kappa shape index (κ2) is 7.43. The summed E-state index contributed by atoms with van der Waals surface area (Å²) in [6.45, 7) is 7.65. The third-order valence-corrected chi connectivity index (χ3v) is 4.24. The molecule has 0 spiro atoms. The van der Waals surface area contributed by atoms with Gasteiger partial charge in [-0.25, -0.2) is 4.79 Å². The predicted molar refractivity (Wildman–Crippen MR) is 95.2 cm³/mol. The number of nitrogens with one attached hydrogen (secondary N) is 2. The van der Waals surface area contributed by atoms with Gasteiger partial charge in [0.05, 0.1) is 10.7 Å². The topological polar surface area (TPSA) is 50.4 Å². The number of carbonyl (C=O) groups excluding carboxylic acids is 1. The second-order valence-corrected chi connectivity index (χ2v) is 7.73. The first kappa shape index (κ1) is 17.9. The van der Waals surface area contributed by atoms with Crippen molar-refractivity contribution >= 4 is 23.4 Å². The van der Waals surface area contributed by atoms with Crippen LogP contribution in [-0.4, -0.2) is 23.8 Å². The van der Waals surface area contributed by atoms with Gasteiger partial charge in [0.2, 0.25) is 0 Å². The van der Waals surface area contributed by atoms with E-state index in [1.165, 1.54) is 0 Å². The van der Waals surface area contributed by atoms with Crippen molar-refractivity contribution in [2.75, 3.05) is 5.32 Å². The Morgan fingerprint density at radius 2 is 1.78 bits per heavy atom. The van der Waals surface area contributed by atoms with Gasteiger partial charge in [0.25, 0.3) is 0 Å². The van der Waals surface area contributed by atoms with Crippen LogP contribution in [0.4, 0.5) is 10.5 Å². The highest BCUT2D eigenvalue weighted by Crippen LogP contribution is 2.27. The maximum atomic E-state index is 11.8. The first-order valence-electron chi connectivity index (χ1n) is 8.25. The smallest absolute Gasteiger partial charge is 0.407 e. The van der Waals surface area contributed by atoms with Crippen LogP contribution in [0.1, 0.15) is 52.0 Å². The molecule has 23 heavy (non-hydrogen) atoms. The van der Waals surface area contributed by atoms with Crippen LogP contribution in [0.25, 0.3) is 0 Å². The van der Waals surface area contributed by atoms with Gasteiger partial charge in [0.1, 0.15) is 5.60 Å². The number of aryl methyl sites for hydroxylation is 1. The molecular weight excluding hydrogens is 312 g/mol. The molecule has 2 rings (SSSR count). The van der Waals surface area contributed by atoms with Crippen molar-refractivity contribution in [3.63, 3.8) is 0 Å². The molecule has 1 aliphatic rings. The monoisotopic (exact) mass is 338 g/mol. The first-order valence-corrected chi connectivity index (χ1v) is 8.63. The standard InChI is InChI=1S/C18H27ClN2O2/c1-12-5-10-16(15(19)11-12)20-13-6-8-14(9-7-13)21-17(22)23-18(2,3)4/h5,10-11,13-14,20H,6-9H2,1-4H3,(H,21,22). The molecule has 4 nitrogen and oxygen atoms in total. The summed E-state index contributed by atoms with van der Waals surface area (Å²) < 4.78 is 5.31. The summed E-state index contributed by atoms with van der Waals surface area (Å²) >= 11 is 6.27. The van der Waals surface area contributed by atoms with E-state index in [-0.39, 0.29) is 12.1 Å². The van der Waals surface area contributed by atoms with Crippen molar-refractivity contribution in [2.45, 2.75) is 71.1 Å². The Labute approximate surface area is 143 Å². The van der Waals surface area contributed by atoms with Gasteiger partial charge in [-0.2, -0.15) is 0 Å². The van der Waals surface area contributed by atoms with E-state index in [9.17, 15) is 4.79 Å². The molecular formula is C18H27ClN2O2. The number of ether oxygens (including phenoxy) is 1. The Kier molecular flexibility index (Phi) is 5.79. The fraction of sp³-hybridized carbons (Fsp3) is 0.611. The molecule has 0 heterocycles. The molecule has 0 aromatic heterocycles. The summed E-state index contributed by atoms with van der Waals surface area (Å²) in [6.07, 6.45) is 3.58. The molecule has 1 aromatic rings. The van der Waals surface area contributed by atoms with Crippen LogP contribution in [0.15, 0.2) is 18.2 Å². The summed E-state index contributed by atoms with van der Waals surface area (Å²) in [6, 6.07) is 6.65. The lowest BCUT2D eigenvalue weighted by molar-refractivity contribution is 0.0492. The SMILES string of the molecule is Cc1ccc(NC2CCC(NC(=O)OC(C)(C)C)CC2)c(Cl)c1. The lowest BCUT2D eigenvalue weighted by atomic mass is 9.91. The third kappa shape index (κ3) is 5.94. The van der Waals surface area contributed by atoms with Crippen LogP contribution >= 0.6 is 11.6 Å². The number of hydrogen-bond acceptors (Lipinski definition) is 3. The summed E-state index contributed by atoms with van der Waals surface area (Å²) in [7, 11) is 0. The summed E-state index contributed by atoms with van der Waals surface area (Å²) in [4.78, 5) is 11.8. The average Bonchev–Trinajstić information content (AvgIpc) is 2.42. The van der Waals surface area contributed by atoms with Crippen molar-refractivity contribution < 1.29 is 9.53 Å². The van der Waals surface area contributed by atoms with Crippen LogP contribution in [-0.2, 0) is 4.74 Å². The van der Waals surface area contributed by atoms with Gasteiger partial charge in [0.15, 0.2) is 0 Å². The molecule has 1 amide bonds. The minimum atomic E-state index is -0.453. The zero-order valence-corrected chi connectivity index (χ0v) is 15.2. The molecule has 1 saturated carbocycles. The van der Waals surface area contributed by atoms with Gasteiger partial charge in [0, 0.05) is 12.1 Å². The van der Waals surface area contributed by atoms with Gasteiger partial charge < -0.3 is 15.4 Å². The number of halogens is 1. The van der Waals surface area contributed by atoms with E-state index in [0.29, 0.717) is 6.04 Å². The highest BCUT2D eigenvalue weighted by atomic mass is 35.5. The van der Waals surface area contributed by atoms with E-state index in [1.54, 1.807) is 0 Å². The second-order valence-electron chi connectivity index (χ2n) is 7.32. The molecule has 1 aliphatic carbocycles. The Balaban J connectivity index is 1.79. The van der Waals surface area contributed by atoms with Crippen molar-refractivity contribution in [1.29, 1.82) is 0 Å². The normalized spacial score (nSPS) is 21.6. The molecule has 1 aromatic carbocycles. The molecule has 0 unspecified atom stereocenters. The molecule has 0 bridgehead atoms. The fourth-order valence-corrected chi connectivity index (χ4v) is 3.10.